The maximum Gasteiger partial charge on any atom is 0.259 e. The second-order valence-corrected chi connectivity index (χ2v) is 6.97. The van der Waals surface area contributed by atoms with Gasteiger partial charge in [-0.3, -0.25) is 4.79 Å². The van der Waals surface area contributed by atoms with Crippen LogP contribution in [0.1, 0.15) is 15.9 Å². The average molecular weight is 366 g/mol. The SMILES string of the molecule is Cc1c(O)c(C(=O)Nc2ccccc2)cc2ccc3c4ccccc4[nH]c3c12. The molecule has 4 nitrogen and oxygen atoms in total. The number of hydrogen-bond acceptors (Lipinski definition) is 2. The third-order valence-corrected chi connectivity index (χ3v) is 5.28. The molecule has 1 heterocycles. The number of amides is 1. The number of rotatable bonds is 2. The van der Waals surface area contributed by atoms with Gasteiger partial charge in [0.2, 0.25) is 0 Å². The molecule has 1 amide bonds. The highest BCUT2D eigenvalue weighted by Gasteiger charge is 2.18. The van der Waals surface area contributed by atoms with E-state index in [2.05, 4.69) is 22.4 Å². The number of aromatic hydroxyl groups is 1. The lowest BCUT2D eigenvalue weighted by atomic mass is 9.97. The van der Waals surface area contributed by atoms with Gasteiger partial charge in [-0.25, -0.2) is 0 Å². The molecule has 5 rings (SSSR count). The van der Waals surface area contributed by atoms with Gasteiger partial charge < -0.3 is 15.4 Å². The Morgan fingerprint density at radius 3 is 2.50 bits per heavy atom. The summed E-state index contributed by atoms with van der Waals surface area (Å²) in [6.07, 6.45) is 0. The molecule has 3 N–H and O–H groups in total. The molecule has 0 saturated heterocycles. The van der Waals surface area contributed by atoms with Crippen molar-refractivity contribution in [3.63, 3.8) is 0 Å². The van der Waals surface area contributed by atoms with Crippen LogP contribution in [0.3, 0.4) is 0 Å². The summed E-state index contributed by atoms with van der Waals surface area (Å²) in [7, 11) is 0. The van der Waals surface area contributed by atoms with Crippen LogP contribution in [-0.2, 0) is 0 Å². The highest BCUT2D eigenvalue weighted by molar-refractivity contribution is 6.19. The van der Waals surface area contributed by atoms with Crippen molar-refractivity contribution in [2.45, 2.75) is 6.92 Å². The number of para-hydroxylation sites is 2. The number of aryl methyl sites for hydroxylation is 1. The van der Waals surface area contributed by atoms with Crippen molar-refractivity contribution < 1.29 is 9.90 Å². The lowest BCUT2D eigenvalue weighted by Gasteiger charge is -2.12. The van der Waals surface area contributed by atoms with Gasteiger partial charge in [0.15, 0.2) is 0 Å². The van der Waals surface area contributed by atoms with Crippen LogP contribution in [0.25, 0.3) is 32.6 Å². The fourth-order valence-corrected chi connectivity index (χ4v) is 3.90. The van der Waals surface area contributed by atoms with Crippen molar-refractivity contribution in [2.24, 2.45) is 0 Å². The quantitative estimate of drug-likeness (QED) is 0.373. The summed E-state index contributed by atoms with van der Waals surface area (Å²) in [5.41, 5.74) is 3.67. The predicted octanol–water partition coefficient (Wildman–Crippen LogP) is 5.74. The summed E-state index contributed by atoms with van der Waals surface area (Å²) in [6.45, 7) is 1.85. The normalized spacial score (nSPS) is 11.3. The largest absolute Gasteiger partial charge is 0.507 e. The molecule has 0 aliphatic rings. The molecule has 0 unspecified atom stereocenters. The molecular formula is C24H18N2O2. The van der Waals surface area contributed by atoms with E-state index >= 15 is 0 Å². The number of H-pyrrole nitrogens is 1. The standard InChI is InChI=1S/C24H18N2O2/c1-14-21-15(11-12-18-17-9-5-6-10-20(17)26-22(18)21)13-19(23(14)27)24(28)25-16-7-3-2-4-8-16/h2-13,26-27H,1H3,(H,25,28). The van der Waals surface area contributed by atoms with Crippen molar-refractivity contribution in [1.82, 2.24) is 4.98 Å². The summed E-state index contributed by atoms with van der Waals surface area (Å²) in [4.78, 5) is 16.2. The summed E-state index contributed by atoms with van der Waals surface area (Å²) in [5.74, 6) is -0.322. The Morgan fingerprint density at radius 2 is 1.68 bits per heavy atom. The van der Waals surface area contributed by atoms with Crippen LogP contribution in [0.2, 0.25) is 0 Å². The Morgan fingerprint density at radius 1 is 0.929 bits per heavy atom. The van der Waals surface area contributed by atoms with E-state index in [0.29, 0.717) is 11.3 Å². The molecule has 0 spiro atoms. The van der Waals surface area contributed by atoms with E-state index in [0.717, 1.165) is 32.6 Å². The van der Waals surface area contributed by atoms with E-state index in [1.807, 2.05) is 61.5 Å². The number of phenolic OH excluding ortho intramolecular Hbond substituents is 1. The first-order valence-electron chi connectivity index (χ1n) is 9.15. The maximum atomic E-state index is 12.8. The Bertz CT molecular complexity index is 1370. The molecule has 0 aliphatic carbocycles. The molecule has 0 aliphatic heterocycles. The molecule has 1 aromatic heterocycles. The lowest BCUT2D eigenvalue weighted by molar-refractivity contribution is 0.102. The number of hydrogen-bond donors (Lipinski definition) is 3. The summed E-state index contributed by atoms with van der Waals surface area (Å²) in [6, 6.07) is 23.2. The molecule has 4 aromatic carbocycles. The average Bonchev–Trinajstić information content (AvgIpc) is 3.09. The van der Waals surface area contributed by atoms with E-state index in [1.54, 1.807) is 6.07 Å². The maximum absolute atomic E-state index is 12.8. The number of phenols is 1. The van der Waals surface area contributed by atoms with Crippen molar-refractivity contribution in [3.8, 4) is 5.75 Å². The first-order valence-corrected chi connectivity index (χ1v) is 9.15. The zero-order valence-electron chi connectivity index (χ0n) is 15.3. The van der Waals surface area contributed by atoms with Crippen LogP contribution >= 0.6 is 0 Å². The van der Waals surface area contributed by atoms with E-state index in [4.69, 9.17) is 0 Å². The van der Waals surface area contributed by atoms with E-state index in [1.165, 1.54) is 0 Å². The molecule has 0 radical (unpaired) electrons. The Labute approximate surface area is 161 Å². The lowest BCUT2D eigenvalue weighted by Crippen LogP contribution is -2.12. The smallest absolute Gasteiger partial charge is 0.259 e. The van der Waals surface area contributed by atoms with Gasteiger partial charge in [-0.1, -0.05) is 48.5 Å². The minimum absolute atomic E-state index is 0.00656. The molecule has 0 fully saturated rings. The number of carbonyl (C=O) groups is 1. The predicted molar refractivity (Wildman–Crippen MR) is 114 cm³/mol. The number of carbonyl (C=O) groups excluding carboxylic acids is 1. The summed E-state index contributed by atoms with van der Waals surface area (Å²) >= 11 is 0. The van der Waals surface area contributed by atoms with Crippen LogP contribution in [-0.4, -0.2) is 16.0 Å². The van der Waals surface area contributed by atoms with Crippen molar-refractivity contribution in [2.75, 3.05) is 5.32 Å². The van der Waals surface area contributed by atoms with Gasteiger partial charge in [-0.05, 0) is 36.6 Å². The van der Waals surface area contributed by atoms with Crippen molar-refractivity contribution in [3.05, 3.63) is 83.9 Å². The zero-order chi connectivity index (χ0) is 19.3. The molecule has 4 heteroatoms. The van der Waals surface area contributed by atoms with Gasteiger partial charge in [0.25, 0.3) is 5.91 Å². The van der Waals surface area contributed by atoms with Crippen LogP contribution < -0.4 is 5.32 Å². The van der Waals surface area contributed by atoms with Gasteiger partial charge in [-0.15, -0.1) is 0 Å². The number of aromatic nitrogens is 1. The molecule has 0 atom stereocenters. The van der Waals surface area contributed by atoms with Gasteiger partial charge in [0.05, 0.1) is 11.1 Å². The zero-order valence-corrected chi connectivity index (χ0v) is 15.3. The van der Waals surface area contributed by atoms with E-state index in [-0.39, 0.29) is 17.2 Å². The van der Waals surface area contributed by atoms with Crippen LogP contribution in [0, 0.1) is 6.92 Å². The monoisotopic (exact) mass is 366 g/mol. The number of fused-ring (bicyclic) bond motifs is 5. The molecule has 28 heavy (non-hydrogen) atoms. The molecule has 136 valence electrons. The summed E-state index contributed by atoms with van der Waals surface area (Å²) in [5, 5.41) is 17.7. The van der Waals surface area contributed by atoms with Crippen LogP contribution in [0.4, 0.5) is 5.69 Å². The Kier molecular flexibility index (Phi) is 3.59. The number of aromatic amines is 1. The Balaban J connectivity index is 1.71. The van der Waals surface area contributed by atoms with E-state index < -0.39 is 0 Å². The topological polar surface area (TPSA) is 65.1 Å². The highest BCUT2D eigenvalue weighted by Crippen LogP contribution is 2.37. The third kappa shape index (κ3) is 2.42. The van der Waals surface area contributed by atoms with Crippen molar-refractivity contribution in [1.29, 1.82) is 0 Å². The number of benzene rings is 4. The Hall–Kier alpha value is -3.79. The summed E-state index contributed by atoms with van der Waals surface area (Å²) < 4.78 is 0. The van der Waals surface area contributed by atoms with Gasteiger partial charge >= 0.3 is 0 Å². The molecular weight excluding hydrogens is 348 g/mol. The van der Waals surface area contributed by atoms with Crippen molar-refractivity contribution >= 4 is 44.2 Å². The van der Waals surface area contributed by atoms with Crippen LogP contribution in [0.5, 0.6) is 5.75 Å². The minimum Gasteiger partial charge on any atom is -0.507 e. The number of nitrogens with one attached hydrogen (secondary N) is 2. The van der Waals surface area contributed by atoms with Gasteiger partial charge in [-0.2, -0.15) is 0 Å². The van der Waals surface area contributed by atoms with Gasteiger partial charge in [0.1, 0.15) is 5.75 Å². The second-order valence-electron chi connectivity index (χ2n) is 6.97. The second kappa shape index (κ2) is 6.13. The first kappa shape index (κ1) is 16.4. The molecule has 0 bridgehead atoms. The fraction of sp³-hybridized carbons (Fsp3) is 0.0417. The molecule has 5 aromatic rings. The van der Waals surface area contributed by atoms with Gasteiger partial charge in [0, 0.05) is 32.9 Å². The number of anilines is 1. The highest BCUT2D eigenvalue weighted by atomic mass is 16.3. The third-order valence-electron chi connectivity index (χ3n) is 5.28. The van der Waals surface area contributed by atoms with E-state index in [9.17, 15) is 9.90 Å². The molecule has 0 saturated carbocycles. The first-order chi connectivity index (χ1) is 13.6. The minimum atomic E-state index is -0.328. The van der Waals surface area contributed by atoms with Crippen LogP contribution in [0.15, 0.2) is 72.8 Å². The fourth-order valence-electron chi connectivity index (χ4n) is 3.90.